The minimum absolute atomic E-state index is 0.0435. The molecule has 0 bridgehead atoms. The Labute approximate surface area is 84.4 Å². The number of hydrogen-bond donors (Lipinski definition) is 3. The fourth-order valence-electron chi connectivity index (χ4n) is 1.26. The summed E-state index contributed by atoms with van der Waals surface area (Å²) in [4.78, 5) is 0. The lowest BCUT2D eigenvalue weighted by Crippen LogP contribution is -2.17. The Morgan fingerprint density at radius 3 is 2.57 bits per heavy atom. The number of benzene rings is 1. The van der Waals surface area contributed by atoms with Crippen molar-refractivity contribution in [3.8, 4) is 11.5 Å². The first-order valence-electron chi connectivity index (χ1n) is 4.95. The monoisotopic (exact) mass is 195 g/mol. The number of aromatic hydroxyl groups is 2. The summed E-state index contributed by atoms with van der Waals surface area (Å²) in [6.45, 7) is 4.04. The predicted molar refractivity (Wildman–Crippen MR) is 56.6 cm³/mol. The van der Waals surface area contributed by atoms with Crippen LogP contribution in [0.15, 0.2) is 18.2 Å². The van der Waals surface area contributed by atoms with Crippen molar-refractivity contribution in [2.75, 3.05) is 13.1 Å². The number of rotatable bonds is 5. The van der Waals surface area contributed by atoms with Gasteiger partial charge in [0.05, 0.1) is 0 Å². The van der Waals surface area contributed by atoms with Crippen LogP contribution in [0.5, 0.6) is 11.5 Å². The van der Waals surface area contributed by atoms with E-state index in [1.807, 2.05) is 6.07 Å². The Bertz CT molecular complexity index is 287. The maximum Gasteiger partial charge on any atom is 0.157 e. The van der Waals surface area contributed by atoms with Gasteiger partial charge in [-0.1, -0.05) is 13.0 Å². The fraction of sp³-hybridized carbons (Fsp3) is 0.455. The first-order chi connectivity index (χ1) is 6.74. The molecule has 0 heterocycles. The Morgan fingerprint density at radius 2 is 1.93 bits per heavy atom. The lowest BCUT2D eigenvalue weighted by Gasteiger charge is -2.04. The molecule has 0 aliphatic rings. The lowest BCUT2D eigenvalue weighted by atomic mass is 10.1. The van der Waals surface area contributed by atoms with E-state index in [1.165, 1.54) is 6.07 Å². The quantitative estimate of drug-likeness (QED) is 0.494. The molecule has 0 fully saturated rings. The molecule has 0 unspecified atom stereocenters. The highest BCUT2D eigenvalue weighted by atomic mass is 16.3. The van der Waals surface area contributed by atoms with E-state index in [2.05, 4.69) is 12.2 Å². The first kappa shape index (κ1) is 10.9. The molecule has 1 rings (SSSR count). The highest BCUT2D eigenvalue weighted by Gasteiger charge is 1.99. The van der Waals surface area contributed by atoms with Crippen molar-refractivity contribution in [1.29, 1.82) is 0 Å². The Hall–Kier alpha value is -1.22. The van der Waals surface area contributed by atoms with Gasteiger partial charge in [0.25, 0.3) is 0 Å². The van der Waals surface area contributed by atoms with E-state index in [0.717, 1.165) is 31.5 Å². The average molecular weight is 195 g/mol. The van der Waals surface area contributed by atoms with Gasteiger partial charge in [-0.2, -0.15) is 0 Å². The van der Waals surface area contributed by atoms with Crippen molar-refractivity contribution in [2.45, 2.75) is 19.8 Å². The van der Waals surface area contributed by atoms with Crippen LogP contribution in [0.3, 0.4) is 0 Å². The average Bonchev–Trinajstić information content (AvgIpc) is 2.18. The van der Waals surface area contributed by atoms with E-state index < -0.39 is 0 Å². The molecule has 0 spiro atoms. The molecule has 0 radical (unpaired) electrons. The van der Waals surface area contributed by atoms with Crippen LogP contribution in [0.1, 0.15) is 18.9 Å². The normalized spacial score (nSPS) is 10.4. The van der Waals surface area contributed by atoms with Crippen LogP contribution in [-0.4, -0.2) is 23.3 Å². The number of hydrogen-bond acceptors (Lipinski definition) is 3. The molecule has 0 amide bonds. The summed E-state index contributed by atoms with van der Waals surface area (Å²) in [5, 5.41) is 21.6. The SMILES string of the molecule is CCCNCCc1ccc(O)c(O)c1. The molecule has 3 nitrogen and oxygen atoms in total. The second-order valence-electron chi connectivity index (χ2n) is 3.32. The molecule has 3 heteroatoms. The van der Waals surface area contributed by atoms with Crippen molar-refractivity contribution in [3.63, 3.8) is 0 Å². The van der Waals surface area contributed by atoms with Gasteiger partial charge in [0.15, 0.2) is 11.5 Å². The molecular weight excluding hydrogens is 178 g/mol. The summed E-state index contributed by atoms with van der Waals surface area (Å²) < 4.78 is 0. The largest absolute Gasteiger partial charge is 0.504 e. The van der Waals surface area contributed by atoms with Gasteiger partial charge in [0.1, 0.15) is 0 Å². The molecule has 1 aromatic carbocycles. The molecule has 78 valence electrons. The maximum atomic E-state index is 9.23. The molecular formula is C11H17NO2. The minimum atomic E-state index is -0.0599. The maximum absolute atomic E-state index is 9.23. The Kier molecular flexibility index (Phi) is 4.26. The summed E-state index contributed by atoms with van der Waals surface area (Å²) in [6, 6.07) is 4.94. The van der Waals surface area contributed by atoms with Gasteiger partial charge in [-0.25, -0.2) is 0 Å². The molecule has 0 saturated heterocycles. The number of nitrogens with one attached hydrogen (secondary N) is 1. The van der Waals surface area contributed by atoms with Crippen LogP contribution in [0, 0.1) is 0 Å². The van der Waals surface area contributed by atoms with E-state index in [0.29, 0.717) is 0 Å². The summed E-state index contributed by atoms with van der Waals surface area (Å²) in [6.07, 6.45) is 1.99. The minimum Gasteiger partial charge on any atom is -0.504 e. The van der Waals surface area contributed by atoms with E-state index in [9.17, 15) is 5.11 Å². The van der Waals surface area contributed by atoms with Crippen molar-refractivity contribution in [2.24, 2.45) is 0 Å². The highest BCUT2D eigenvalue weighted by molar-refractivity contribution is 5.40. The molecule has 0 aromatic heterocycles. The zero-order valence-electron chi connectivity index (χ0n) is 8.45. The smallest absolute Gasteiger partial charge is 0.157 e. The van der Waals surface area contributed by atoms with Gasteiger partial charge in [-0.15, -0.1) is 0 Å². The van der Waals surface area contributed by atoms with Crippen molar-refractivity contribution in [1.82, 2.24) is 5.32 Å². The van der Waals surface area contributed by atoms with Crippen molar-refractivity contribution >= 4 is 0 Å². The van der Waals surface area contributed by atoms with Gasteiger partial charge >= 0.3 is 0 Å². The predicted octanol–water partition coefficient (Wildman–Crippen LogP) is 1.64. The van der Waals surface area contributed by atoms with Gasteiger partial charge in [-0.05, 0) is 43.6 Å². The molecule has 0 saturated carbocycles. The third-order valence-electron chi connectivity index (χ3n) is 2.06. The van der Waals surface area contributed by atoms with Gasteiger partial charge in [0.2, 0.25) is 0 Å². The summed E-state index contributed by atoms with van der Waals surface area (Å²) >= 11 is 0. The summed E-state index contributed by atoms with van der Waals surface area (Å²) in [5.41, 5.74) is 1.03. The van der Waals surface area contributed by atoms with Crippen LogP contribution in [0.25, 0.3) is 0 Å². The van der Waals surface area contributed by atoms with Crippen molar-refractivity contribution < 1.29 is 10.2 Å². The van der Waals surface area contributed by atoms with Crippen LogP contribution in [0.4, 0.5) is 0 Å². The topological polar surface area (TPSA) is 52.5 Å². The van der Waals surface area contributed by atoms with Crippen LogP contribution >= 0.6 is 0 Å². The molecule has 14 heavy (non-hydrogen) atoms. The molecule has 3 N–H and O–H groups in total. The fourth-order valence-corrected chi connectivity index (χ4v) is 1.26. The highest BCUT2D eigenvalue weighted by Crippen LogP contribution is 2.24. The first-order valence-corrected chi connectivity index (χ1v) is 4.95. The number of phenolic OH excluding ortho intramolecular Hbond substituents is 2. The van der Waals surface area contributed by atoms with E-state index in [-0.39, 0.29) is 11.5 Å². The van der Waals surface area contributed by atoms with Gasteiger partial charge < -0.3 is 15.5 Å². The van der Waals surface area contributed by atoms with E-state index in [1.54, 1.807) is 6.07 Å². The zero-order chi connectivity index (χ0) is 10.4. The summed E-state index contributed by atoms with van der Waals surface area (Å²) in [7, 11) is 0. The summed E-state index contributed by atoms with van der Waals surface area (Å²) in [5.74, 6) is -0.103. The van der Waals surface area contributed by atoms with E-state index in [4.69, 9.17) is 5.11 Å². The third-order valence-corrected chi connectivity index (χ3v) is 2.06. The Balaban J connectivity index is 2.39. The Morgan fingerprint density at radius 1 is 1.14 bits per heavy atom. The van der Waals surface area contributed by atoms with Crippen LogP contribution in [0.2, 0.25) is 0 Å². The van der Waals surface area contributed by atoms with Crippen LogP contribution in [-0.2, 0) is 6.42 Å². The third kappa shape index (κ3) is 3.26. The second kappa shape index (κ2) is 5.50. The zero-order valence-corrected chi connectivity index (χ0v) is 8.45. The second-order valence-corrected chi connectivity index (χ2v) is 3.32. The van der Waals surface area contributed by atoms with Crippen LogP contribution < -0.4 is 5.32 Å². The molecule has 1 aromatic rings. The standard InChI is InChI=1S/C11H17NO2/c1-2-6-12-7-5-9-3-4-10(13)11(14)8-9/h3-4,8,12-14H,2,5-7H2,1H3. The lowest BCUT2D eigenvalue weighted by molar-refractivity contribution is 0.403. The van der Waals surface area contributed by atoms with Crippen molar-refractivity contribution in [3.05, 3.63) is 23.8 Å². The number of phenols is 2. The molecule has 0 atom stereocenters. The molecule has 0 aliphatic heterocycles. The van der Waals surface area contributed by atoms with Gasteiger partial charge in [0, 0.05) is 0 Å². The molecule has 0 aliphatic carbocycles. The van der Waals surface area contributed by atoms with Gasteiger partial charge in [-0.3, -0.25) is 0 Å². The van der Waals surface area contributed by atoms with E-state index >= 15 is 0 Å².